The number of piperidine rings is 1. The standard InChI is InChI=1S/C20H32N4O4S/c25-20(23-6-1-2-7-23)19-15-18(16-21-19)29(26,27)24-9-4-17(5-10-24)3-8-22-11-13-28-14-12-22/h15-17,21H,1-14H2. The highest BCUT2D eigenvalue weighted by atomic mass is 32.2. The van der Waals surface area contributed by atoms with Crippen LogP contribution in [0.5, 0.6) is 0 Å². The average Bonchev–Trinajstić information content (AvgIpc) is 3.45. The van der Waals surface area contributed by atoms with Gasteiger partial charge < -0.3 is 14.6 Å². The average molecular weight is 425 g/mol. The van der Waals surface area contributed by atoms with Crippen molar-refractivity contribution in [3.05, 3.63) is 18.0 Å². The number of carbonyl (C=O) groups excluding carboxylic acids is 1. The van der Waals surface area contributed by atoms with Crippen molar-refractivity contribution < 1.29 is 17.9 Å². The summed E-state index contributed by atoms with van der Waals surface area (Å²) < 4.78 is 33.0. The number of ether oxygens (including phenoxy) is 1. The maximum absolute atomic E-state index is 13.0. The van der Waals surface area contributed by atoms with E-state index < -0.39 is 10.0 Å². The van der Waals surface area contributed by atoms with Crippen LogP contribution < -0.4 is 0 Å². The van der Waals surface area contributed by atoms with E-state index in [-0.39, 0.29) is 10.8 Å². The van der Waals surface area contributed by atoms with Gasteiger partial charge in [0.2, 0.25) is 10.0 Å². The lowest BCUT2D eigenvalue weighted by Crippen LogP contribution is -2.40. The largest absolute Gasteiger partial charge is 0.379 e. The van der Waals surface area contributed by atoms with Gasteiger partial charge in [0, 0.05) is 45.5 Å². The minimum Gasteiger partial charge on any atom is -0.379 e. The number of hydrogen-bond acceptors (Lipinski definition) is 5. The summed E-state index contributed by atoms with van der Waals surface area (Å²) >= 11 is 0. The molecule has 0 unspecified atom stereocenters. The van der Waals surface area contributed by atoms with Crippen LogP contribution in [0.2, 0.25) is 0 Å². The summed E-state index contributed by atoms with van der Waals surface area (Å²) in [6, 6.07) is 1.50. The lowest BCUT2D eigenvalue weighted by Gasteiger charge is -2.33. The first-order valence-electron chi connectivity index (χ1n) is 10.8. The van der Waals surface area contributed by atoms with Gasteiger partial charge in [0.15, 0.2) is 0 Å². The van der Waals surface area contributed by atoms with Crippen LogP contribution in [0, 0.1) is 5.92 Å². The van der Waals surface area contributed by atoms with Gasteiger partial charge in [-0.15, -0.1) is 0 Å². The molecule has 3 fully saturated rings. The summed E-state index contributed by atoms with van der Waals surface area (Å²) in [6.45, 7) is 7.30. The molecule has 0 radical (unpaired) electrons. The molecule has 0 bridgehead atoms. The van der Waals surface area contributed by atoms with Crippen LogP contribution in [-0.2, 0) is 14.8 Å². The smallest absolute Gasteiger partial charge is 0.270 e. The molecule has 4 heterocycles. The van der Waals surface area contributed by atoms with Crippen molar-refractivity contribution in [3.8, 4) is 0 Å². The second kappa shape index (κ2) is 9.16. The van der Waals surface area contributed by atoms with Gasteiger partial charge in [0.25, 0.3) is 5.91 Å². The Morgan fingerprint density at radius 3 is 2.45 bits per heavy atom. The zero-order chi connectivity index (χ0) is 20.3. The number of carbonyl (C=O) groups is 1. The Hall–Kier alpha value is -1.42. The van der Waals surface area contributed by atoms with E-state index in [2.05, 4.69) is 9.88 Å². The van der Waals surface area contributed by atoms with E-state index in [4.69, 9.17) is 4.74 Å². The van der Waals surface area contributed by atoms with Gasteiger partial charge in [-0.1, -0.05) is 0 Å². The monoisotopic (exact) mass is 424 g/mol. The molecule has 8 nitrogen and oxygen atoms in total. The Balaban J connectivity index is 1.30. The normalized spacial score (nSPS) is 23.0. The molecule has 0 atom stereocenters. The third-order valence-corrected chi connectivity index (χ3v) is 8.33. The van der Waals surface area contributed by atoms with Crippen molar-refractivity contribution in [3.63, 3.8) is 0 Å². The Bertz CT molecular complexity index is 789. The van der Waals surface area contributed by atoms with Crippen LogP contribution >= 0.6 is 0 Å². The fourth-order valence-corrected chi connectivity index (χ4v) is 5.98. The number of sulfonamides is 1. The number of H-pyrrole nitrogens is 1. The number of rotatable bonds is 6. The van der Waals surface area contributed by atoms with Crippen LogP contribution in [0.3, 0.4) is 0 Å². The molecule has 0 aromatic carbocycles. The predicted octanol–water partition coefficient (Wildman–Crippen LogP) is 1.37. The molecule has 0 spiro atoms. The number of nitrogens with one attached hydrogen (secondary N) is 1. The van der Waals surface area contributed by atoms with Gasteiger partial charge in [-0.3, -0.25) is 9.69 Å². The van der Waals surface area contributed by atoms with Gasteiger partial charge >= 0.3 is 0 Å². The lowest BCUT2D eigenvalue weighted by molar-refractivity contribution is 0.0343. The fraction of sp³-hybridized carbons (Fsp3) is 0.750. The van der Waals surface area contributed by atoms with E-state index in [0.717, 1.165) is 78.0 Å². The van der Waals surface area contributed by atoms with Crippen molar-refractivity contribution in [2.45, 2.75) is 37.0 Å². The first kappa shape index (κ1) is 20.8. The Kier molecular flexibility index (Phi) is 6.58. The van der Waals surface area contributed by atoms with Gasteiger partial charge in [-0.05, 0) is 50.6 Å². The van der Waals surface area contributed by atoms with Crippen molar-refractivity contribution >= 4 is 15.9 Å². The van der Waals surface area contributed by atoms with Crippen LogP contribution in [0.1, 0.15) is 42.6 Å². The van der Waals surface area contributed by atoms with Gasteiger partial charge in [0.05, 0.1) is 13.2 Å². The second-order valence-corrected chi connectivity index (χ2v) is 10.3. The predicted molar refractivity (Wildman–Crippen MR) is 109 cm³/mol. The molecule has 1 aromatic heterocycles. The van der Waals surface area contributed by atoms with Crippen molar-refractivity contribution in [1.29, 1.82) is 0 Å². The van der Waals surface area contributed by atoms with E-state index in [1.54, 1.807) is 9.21 Å². The van der Waals surface area contributed by atoms with E-state index in [1.165, 1.54) is 12.3 Å². The number of nitrogens with zero attached hydrogens (tertiary/aromatic N) is 3. The third kappa shape index (κ3) is 4.84. The van der Waals surface area contributed by atoms with Crippen LogP contribution in [0.4, 0.5) is 0 Å². The quantitative estimate of drug-likeness (QED) is 0.746. The zero-order valence-electron chi connectivity index (χ0n) is 17.0. The molecule has 1 N–H and O–H groups in total. The van der Waals surface area contributed by atoms with E-state index in [9.17, 15) is 13.2 Å². The van der Waals surface area contributed by atoms with Crippen molar-refractivity contribution in [2.24, 2.45) is 5.92 Å². The summed E-state index contributed by atoms with van der Waals surface area (Å²) in [5.74, 6) is 0.466. The third-order valence-electron chi connectivity index (χ3n) is 6.45. The summed E-state index contributed by atoms with van der Waals surface area (Å²) in [6.07, 6.45) is 6.40. The molecule has 162 valence electrons. The molecule has 1 amide bonds. The highest BCUT2D eigenvalue weighted by Crippen LogP contribution is 2.26. The first-order chi connectivity index (χ1) is 14.0. The molecule has 3 aliphatic heterocycles. The summed E-state index contributed by atoms with van der Waals surface area (Å²) in [5, 5.41) is 0. The van der Waals surface area contributed by atoms with Gasteiger partial charge in [-0.25, -0.2) is 8.42 Å². The minimum atomic E-state index is -3.55. The lowest BCUT2D eigenvalue weighted by atomic mass is 9.94. The van der Waals surface area contributed by atoms with Crippen LogP contribution in [0.15, 0.2) is 17.2 Å². The molecule has 0 saturated carbocycles. The molecular formula is C20H32N4O4S. The molecular weight excluding hydrogens is 392 g/mol. The highest BCUT2D eigenvalue weighted by molar-refractivity contribution is 7.89. The van der Waals surface area contributed by atoms with Crippen molar-refractivity contribution in [2.75, 3.05) is 59.0 Å². The summed E-state index contributed by atoms with van der Waals surface area (Å²) in [7, 11) is -3.55. The number of morpholine rings is 1. The maximum atomic E-state index is 13.0. The number of amides is 1. The molecule has 9 heteroatoms. The topological polar surface area (TPSA) is 86.0 Å². The molecule has 1 aromatic rings. The van der Waals surface area contributed by atoms with Gasteiger partial charge in [-0.2, -0.15) is 4.31 Å². The molecule has 3 saturated heterocycles. The molecule has 3 aliphatic rings. The second-order valence-electron chi connectivity index (χ2n) is 8.34. The fourth-order valence-electron chi connectivity index (χ4n) is 4.51. The Morgan fingerprint density at radius 2 is 1.76 bits per heavy atom. The SMILES string of the molecule is O=C(c1cc(S(=O)(=O)N2CCC(CCN3CCOCC3)CC2)c[nH]1)N1CCCC1. The number of likely N-dealkylation sites (tertiary alicyclic amines) is 1. The molecule has 0 aliphatic carbocycles. The maximum Gasteiger partial charge on any atom is 0.270 e. The molecule has 29 heavy (non-hydrogen) atoms. The van der Waals surface area contributed by atoms with E-state index in [1.807, 2.05) is 0 Å². The Labute approximate surface area is 173 Å². The number of hydrogen-bond donors (Lipinski definition) is 1. The summed E-state index contributed by atoms with van der Waals surface area (Å²) in [4.78, 5) is 19.8. The highest BCUT2D eigenvalue weighted by Gasteiger charge is 2.31. The van der Waals surface area contributed by atoms with Crippen LogP contribution in [-0.4, -0.2) is 92.4 Å². The van der Waals surface area contributed by atoms with Crippen LogP contribution in [0.25, 0.3) is 0 Å². The van der Waals surface area contributed by atoms with Gasteiger partial charge in [0.1, 0.15) is 10.6 Å². The van der Waals surface area contributed by atoms with Crippen molar-refractivity contribution in [1.82, 2.24) is 19.1 Å². The first-order valence-corrected chi connectivity index (χ1v) is 12.3. The zero-order valence-corrected chi connectivity index (χ0v) is 17.8. The molecule has 4 rings (SSSR count). The van der Waals surface area contributed by atoms with E-state index >= 15 is 0 Å². The Morgan fingerprint density at radius 1 is 1.07 bits per heavy atom. The number of aromatic amines is 1. The van der Waals surface area contributed by atoms with E-state index in [0.29, 0.717) is 24.7 Å². The minimum absolute atomic E-state index is 0.106. The number of aromatic nitrogens is 1. The summed E-state index contributed by atoms with van der Waals surface area (Å²) in [5.41, 5.74) is 0.367.